The Balaban J connectivity index is 0.847. The van der Waals surface area contributed by atoms with Gasteiger partial charge in [-0.25, -0.2) is 14.4 Å². The first-order chi connectivity index (χ1) is 26.3. The van der Waals surface area contributed by atoms with Gasteiger partial charge in [-0.1, -0.05) is 42.5 Å². The number of halogens is 1. The van der Waals surface area contributed by atoms with Gasteiger partial charge in [0.25, 0.3) is 11.8 Å². The summed E-state index contributed by atoms with van der Waals surface area (Å²) in [5, 5.41) is 6.14. The number of fused-ring (bicyclic) bond motifs is 1. The van der Waals surface area contributed by atoms with E-state index in [2.05, 4.69) is 54.7 Å². The van der Waals surface area contributed by atoms with Crippen LogP contribution in [0.3, 0.4) is 0 Å². The van der Waals surface area contributed by atoms with Gasteiger partial charge < -0.3 is 24.7 Å². The van der Waals surface area contributed by atoms with Gasteiger partial charge in [-0.2, -0.15) is 0 Å². The second-order valence-corrected chi connectivity index (χ2v) is 15.1. The van der Waals surface area contributed by atoms with E-state index in [0.29, 0.717) is 37.1 Å². The molecule has 2 N–H and O–H groups in total. The van der Waals surface area contributed by atoms with Gasteiger partial charge in [-0.15, -0.1) is 0 Å². The third-order valence-electron chi connectivity index (χ3n) is 11.3. The normalized spacial score (nSPS) is 19.9. The minimum Gasteiger partial charge on any atom is -0.438 e. The highest BCUT2D eigenvalue weighted by atomic mass is 19.1. The van der Waals surface area contributed by atoms with Crippen LogP contribution in [-0.2, 0) is 6.54 Å². The Morgan fingerprint density at radius 1 is 0.815 bits per heavy atom. The average Bonchev–Trinajstić information content (AvgIpc) is 3.89. The van der Waals surface area contributed by atoms with Crippen LogP contribution in [-0.4, -0.2) is 80.3 Å². The number of amides is 2. The summed E-state index contributed by atoms with van der Waals surface area (Å²) in [7, 11) is 0. The summed E-state index contributed by atoms with van der Waals surface area (Å²) in [6.45, 7) is 7.76. The van der Waals surface area contributed by atoms with Crippen molar-refractivity contribution in [2.24, 2.45) is 0 Å². The number of carbonyl (C=O) groups is 2. The minimum atomic E-state index is -0.620. The van der Waals surface area contributed by atoms with Gasteiger partial charge in [-0.05, 0) is 131 Å². The standard InChI is InChI=1S/C43H48FN7O3/c1-29-6-4-9-40-48-39(28-51(29)40)42(53)47-35-16-14-34(15-17-35)46-41(52)38-25-33(44)26-45-43(38)54-37-8-5-7-32(24-37)31-12-10-30(11-13-31)27-49-22-18-36(19-23-49)50-20-2-3-21-50/h4-13,24-26,28,34-36H,2-3,14-23,27H2,1H3,(H,46,52)(H,47,53)/t34-,35-. The third kappa shape index (κ3) is 8.32. The molecule has 0 atom stereocenters. The van der Waals surface area contributed by atoms with Crippen LogP contribution in [0.25, 0.3) is 16.8 Å². The fourth-order valence-electron chi connectivity index (χ4n) is 8.29. The number of piperidine rings is 1. The largest absolute Gasteiger partial charge is 0.438 e. The molecule has 1 aliphatic carbocycles. The number of nitrogens with one attached hydrogen (secondary N) is 2. The maximum Gasteiger partial charge on any atom is 0.271 e. The van der Waals surface area contributed by atoms with E-state index in [4.69, 9.17) is 4.74 Å². The molecule has 1 saturated carbocycles. The molecule has 0 spiro atoms. The Bertz CT molecular complexity index is 2100. The highest BCUT2D eigenvalue weighted by Crippen LogP contribution is 2.30. The van der Waals surface area contributed by atoms with Gasteiger partial charge in [0.05, 0.1) is 6.20 Å². The topological polar surface area (TPSA) is 104 Å². The summed E-state index contributed by atoms with van der Waals surface area (Å²) < 4.78 is 22.5. The van der Waals surface area contributed by atoms with Gasteiger partial charge in [0.1, 0.15) is 28.5 Å². The molecule has 8 rings (SSSR count). The van der Waals surface area contributed by atoms with Crippen LogP contribution in [0.5, 0.6) is 11.6 Å². The molecular formula is C43H48FN7O3. The maximum atomic E-state index is 14.4. The molecule has 0 radical (unpaired) electrons. The third-order valence-corrected chi connectivity index (χ3v) is 11.3. The summed E-state index contributed by atoms with van der Waals surface area (Å²) in [5.74, 6) is -0.735. The minimum absolute atomic E-state index is 0.0305. The van der Waals surface area contributed by atoms with Gasteiger partial charge in [0.15, 0.2) is 0 Å². The second kappa shape index (κ2) is 16.1. The number of rotatable bonds is 10. The molecule has 54 heavy (non-hydrogen) atoms. The van der Waals surface area contributed by atoms with Crippen molar-refractivity contribution < 1.29 is 18.7 Å². The first kappa shape index (κ1) is 35.9. The van der Waals surface area contributed by atoms with E-state index < -0.39 is 11.7 Å². The van der Waals surface area contributed by atoms with Gasteiger partial charge in [0.2, 0.25) is 5.88 Å². The summed E-state index contributed by atoms with van der Waals surface area (Å²) in [5.41, 5.74) is 5.47. The van der Waals surface area contributed by atoms with Crippen molar-refractivity contribution in [3.05, 3.63) is 114 Å². The molecule has 11 heteroatoms. The molecule has 3 aromatic heterocycles. The van der Waals surface area contributed by atoms with Gasteiger partial charge in [-0.3, -0.25) is 14.5 Å². The van der Waals surface area contributed by atoms with Crippen LogP contribution in [0.1, 0.15) is 83.5 Å². The lowest BCUT2D eigenvalue weighted by molar-refractivity contribution is 0.0888. The quantitative estimate of drug-likeness (QED) is 0.157. The molecule has 280 valence electrons. The van der Waals surface area contributed by atoms with E-state index in [1.54, 1.807) is 12.3 Å². The summed E-state index contributed by atoms with van der Waals surface area (Å²) in [6.07, 6.45) is 10.7. The highest BCUT2D eigenvalue weighted by Gasteiger charge is 2.28. The van der Waals surface area contributed by atoms with Crippen molar-refractivity contribution in [2.75, 3.05) is 26.2 Å². The van der Waals surface area contributed by atoms with E-state index in [-0.39, 0.29) is 29.4 Å². The number of aromatic nitrogens is 3. The Kier molecular flexibility index (Phi) is 10.7. The van der Waals surface area contributed by atoms with E-state index >= 15 is 0 Å². The highest BCUT2D eigenvalue weighted by molar-refractivity contribution is 5.96. The van der Waals surface area contributed by atoms with Crippen LogP contribution in [0.4, 0.5) is 4.39 Å². The predicted octanol–water partition coefficient (Wildman–Crippen LogP) is 7.17. The molecule has 5 aromatic rings. The average molecular weight is 730 g/mol. The fourth-order valence-corrected chi connectivity index (χ4v) is 8.29. The van der Waals surface area contributed by atoms with Crippen molar-refractivity contribution in [3.63, 3.8) is 0 Å². The number of likely N-dealkylation sites (tertiary alicyclic amines) is 2. The number of ether oxygens (including phenoxy) is 1. The number of imidazole rings is 1. The molecular weight excluding hydrogens is 682 g/mol. The molecule has 2 saturated heterocycles. The number of nitrogens with zero attached hydrogens (tertiary/aromatic N) is 5. The summed E-state index contributed by atoms with van der Waals surface area (Å²) in [4.78, 5) is 40.3. The van der Waals surface area contributed by atoms with Crippen molar-refractivity contribution in [2.45, 2.75) is 83.0 Å². The second-order valence-electron chi connectivity index (χ2n) is 15.1. The first-order valence-corrected chi connectivity index (χ1v) is 19.4. The number of benzene rings is 2. The van der Waals surface area contributed by atoms with E-state index in [0.717, 1.165) is 60.4 Å². The zero-order valence-corrected chi connectivity index (χ0v) is 30.8. The molecule has 0 bridgehead atoms. The van der Waals surface area contributed by atoms with Crippen molar-refractivity contribution in [3.8, 4) is 22.8 Å². The molecule has 3 fully saturated rings. The zero-order chi connectivity index (χ0) is 37.0. The monoisotopic (exact) mass is 729 g/mol. The lowest BCUT2D eigenvalue weighted by Crippen LogP contribution is -2.44. The van der Waals surface area contributed by atoms with E-state index in [1.165, 1.54) is 44.3 Å². The van der Waals surface area contributed by atoms with Gasteiger partial charge >= 0.3 is 0 Å². The van der Waals surface area contributed by atoms with Crippen LogP contribution in [0, 0.1) is 12.7 Å². The molecule has 3 aliphatic rings. The Morgan fingerprint density at radius 2 is 1.52 bits per heavy atom. The molecule has 2 amide bonds. The van der Waals surface area contributed by atoms with Crippen LogP contribution in [0.2, 0.25) is 0 Å². The number of hydrogen-bond donors (Lipinski definition) is 2. The van der Waals surface area contributed by atoms with Crippen molar-refractivity contribution >= 4 is 17.5 Å². The molecule has 2 aliphatic heterocycles. The van der Waals surface area contributed by atoms with E-state index in [1.807, 2.05) is 47.7 Å². The number of carbonyl (C=O) groups excluding carboxylic acids is 2. The molecule has 2 aromatic carbocycles. The van der Waals surface area contributed by atoms with Crippen LogP contribution < -0.4 is 15.4 Å². The smallest absolute Gasteiger partial charge is 0.271 e. The SMILES string of the molecule is Cc1cccc2nc(C(=O)N[C@H]3CC[C@H](NC(=O)c4cc(F)cnc4Oc4cccc(-c5ccc(CN6CCC(N7CCCC7)CC6)cc5)c4)CC3)cn12. The molecule has 10 nitrogen and oxygen atoms in total. The van der Waals surface area contributed by atoms with Crippen molar-refractivity contribution in [1.82, 2.24) is 34.8 Å². The predicted molar refractivity (Wildman–Crippen MR) is 206 cm³/mol. The van der Waals surface area contributed by atoms with E-state index in [9.17, 15) is 14.0 Å². The lowest BCUT2D eigenvalue weighted by Gasteiger charge is -2.36. The first-order valence-electron chi connectivity index (χ1n) is 19.4. The fraction of sp³-hybridized carbons (Fsp3) is 0.395. The molecule has 0 unspecified atom stereocenters. The van der Waals surface area contributed by atoms with Crippen molar-refractivity contribution in [1.29, 1.82) is 0 Å². The Labute approximate surface area is 315 Å². The zero-order valence-electron chi connectivity index (χ0n) is 30.8. The number of hydrogen-bond acceptors (Lipinski definition) is 7. The van der Waals surface area contributed by atoms with Gasteiger partial charge in [0, 0.05) is 36.6 Å². The Hall–Kier alpha value is -5.13. The number of pyridine rings is 2. The lowest BCUT2D eigenvalue weighted by atomic mass is 9.91. The maximum absolute atomic E-state index is 14.4. The summed E-state index contributed by atoms with van der Waals surface area (Å²) >= 11 is 0. The summed E-state index contributed by atoms with van der Waals surface area (Å²) in [6, 6.07) is 23.8. The number of aryl methyl sites for hydroxylation is 1. The Morgan fingerprint density at radius 3 is 2.24 bits per heavy atom. The van der Waals surface area contributed by atoms with Crippen LogP contribution in [0.15, 0.2) is 85.2 Å². The van der Waals surface area contributed by atoms with Crippen LogP contribution >= 0.6 is 0 Å². The molecule has 5 heterocycles.